The predicted octanol–water partition coefficient (Wildman–Crippen LogP) is 5.72. The van der Waals surface area contributed by atoms with Crippen LogP contribution in [0.4, 0.5) is 11.4 Å². The number of aryl methyl sites for hydroxylation is 4. The fourth-order valence-corrected chi connectivity index (χ4v) is 4.15. The van der Waals surface area contributed by atoms with Crippen molar-refractivity contribution < 1.29 is 14.3 Å². The van der Waals surface area contributed by atoms with E-state index in [9.17, 15) is 9.59 Å². The fraction of sp³-hybridized carbons (Fsp3) is 0.214. The number of hydrogen-bond donors (Lipinski definition) is 1. The first kappa shape index (κ1) is 22.3. The van der Waals surface area contributed by atoms with Gasteiger partial charge in [0, 0.05) is 0 Å². The van der Waals surface area contributed by atoms with E-state index in [0.29, 0.717) is 29.3 Å². The molecule has 0 atom stereocenters. The summed E-state index contributed by atoms with van der Waals surface area (Å²) in [5.74, 6) is -0.0927. The molecular weight excluding hydrogens is 412 g/mol. The summed E-state index contributed by atoms with van der Waals surface area (Å²) in [6.45, 7) is 10.2. The van der Waals surface area contributed by atoms with Crippen LogP contribution in [0.1, 0.15) is 34.7 Å². The topological polar surface area (TPSA) is 58.6 Å². The van der Waals surface area contributed by atoms with E-state index < -0.39 is 0 Å². The summed E-state index contributed by atoms with van der Waals surface area (Å²) in [5.41, 5.74) is 6.46. The number of imide groups is 1. The number of rotatable bonds is 6. The maximum Gasteiger partial charge on any atom is 0.282 e. The summed E-state index contributed by atoms with van der Waals surface area (Å²) in [5, 5.41) is 3.24. The standard InChI is InChI=1S/C28H28N2O3/c1-6-33-24-10-8-7-9-22(24)29-26-25(21-14-12-17(2)15-20(21)5)27(31)30(28(26)32)23-16-18(3)11-13-19(23)4/h7-16,29H,6H2,1-5H3. The number of nitrogens with zero attached hydrogens (tertiary/aromatic N) is 1. The number of anilines is 2. The predicted molar refractivity (Wildman–Crippen MR) is 132 cm³/mol. The van der Waals surface area contributed by atoms with E-state index in [-0.39, 0.29) is 17.5 Å². The zero-order chi connectivity index (χ0) is 23.7. The summed E-state index contributed by atoms with van der Waals surface area (Å²) in [6, 6.07) is 19.1. The first-order valence-corrected chi connectivity index (χ1v) is 11.1. The van der Waals surface area contributed by atoms with Crippen molar-refractivity contribution in [3.63, 3.8) is 0 Å². The lowest BCUT2D eigenvalue weighted by atomic mass is 9.97. The molecule has 0 aliphatic carbocycles. The lowest BCUT2D eigenvalue weighted by Crippen LogP contribution is -2.33. The molecule has 1 aliphatic rings. The number of nitrogens with one attached hydrogen (secondary N) is 1. The Labute approximate surface area is 194 Å². The zero-order valence-electron chi connectivity index (χ0n) is 19.7. The Morgan fingerprint density at radius 3 is 2.24 bits per heavy atom. The highest BCUT2D eigenvalue weighted by Gasteiger charge is 2.41. The minimum atomic E-state index is -0.380. The van der Waals surface area contributed by atoms with Crippen LogP contribution >= 0.6 is 0 Å². The largest absolute Gasteiger partial charge is 0.492 e. The van der Waals surface area contributed by atoms with Crippen LogP contribution in [0.3, 0.4) is 0 Å². The average Bonchev–Trinajstić information content (AvgIpc) is 3.01. The molecule has 5 nitrogen and oxygen atoms in total. The Bertz CT molecular complexity index is 1290. The maximum absolute atomic E-state index is 13.8. The number of ether oxygens (including phenoxy) is 1. The van der Waals surface area contributed by atoms with E-state index in [1.54, 1.807) is 0 Å². The van der Waals surface area contributed by atoms with E-state index >= 15 is 0 Å². The van der Waals surface area contributed by atoms with Gasteiger partial charge in [-0.3, -0.25) is 9.59 Å². The van der Waals surface area contributed by atoms with Gasteiger partial charge in [-0.25, -0.2) is 4.90 Å². The van der Waals surface area contributed by atoms with Crippen LogP contribution in [0.2, 0.25) is 0 Å². The molecule has 33 heavy (non-hydrogen) atoms. The molecule has 0 bridgehead atoms. The highest BCUT2D eigenvalue weighted by Crippen LogP contribution is 2.38. The van der Waals surface area contributed by atoms with Crippen LogP contribution in [0.15, 0.2) is 66.4 Å². The first-order chi connectivity index (χ1) is 15.8. The normalized spacial score (nSPS) is 13.7. The molecule has 0 aromatic heterocycles. The van der Waals surface area contributed by atoms with Crippen molar-refractivity contribution in [2.75, 3.05) is 16.8 Å². The van der Waals surface area contributed by atoms with Crippen LogP contribution in [0.5, 0.6) is 5.75 Å². The van der Waals surface area contributed by atoms with Gasteiger partial charge >= 0.3 is 0 Å². The van der Waals surface area contributed by atoms with Gasteiger partial charge in [0.15, 0.2) is 0 Å². The van der Waals surface area contributed by atoms with Crippen molar-refractivity contribution >= 4 is 28.8 Å². The fourth-order valence-electron chi connectivity index (χ4n) is 4.15. The van der Waals surface area contributed by atoms with E-state index in [1.165, 1.54) is 4.90 Å². The number of amides is 2. The van der Waals surface area contributed by atoms with Crippen LogP contribution in [0.25, 0.3) is 5.57 Å². The monoisotopic (exact) mass is 440 g/mol. The third-order valence-electron chi connectivity index (χ3n) is 5.79. The summed E-state index contributed by atoms with van der Waals surface area (Å²) in [7, 11) is 0. The summed E-state index contributed by atoms with van der Waals surface area (Å²) < 4.78 is 5.74. The van der Waals surface area contributed by atoms with Gasteiger partial charge in [0.05, 0.1) is 23.6 Å². The van der Waals surface area contributed by atoms with Gasteiger partial charge in [-0.1, -0.05) is 48.0 Å². The lowest BCUT2D eigenvalue weighted by molar-refractivity contribution is -0.120. The summed E-state index contributed by atoms with van der Waals surface area (Å²) >= 11 is 0. The molecule has 5 heteroatoms. The van der Waals surface area contributed by atoms with Crippen molar-refractivity contribution in [3.05, 3.63) is 94.2 Å². The van der Waals surface area contributed by atoms with Crippen LogP contribution in [-0.2, 0) is 9.59 Å². The van der Waals surface area contributed by atoms with Gasteiger partial charge in [-0.2, -0.15) is 0 Å². The summed E-state index contributed by atoms with van der Waals surface area (Å²) in [4.78, 5) is 28.8. The van der Waals surface area contributed by atoms with E-state index in [2.05, 4.69) is 5.32 Å². The van der Waals surface area contributed by atoms with E-state index in [0.717, 1.165) is 27.8 Å². The molecular formula is C28H28N2O3. The zero-order valence-corrected chi connectivity index (χ0v) is 19.7. The molecule has 1 N–H and O–H groups in total. The molecule has 0 unspecified atom stereocenters. The molecule has 1 heterocycles. The van der Waals surface area contributed by atoms with Crippen molar-refractivity contribution in [2.45, 2.75) is 34.6 Å². The average molecular weight is 441 g/mol. The third-order valence-corrected chi connectivity index (χ3v) is 5.79. The molecule has 168 valence electrons. The highest BCUT2D eigenvalue weighted by molar-refractivity contribution is 6.46. The highest BCUT2D eigenvalue weighted by atomic mass is 16.5. The first-order valence-electron chi connectivity index (χ1n) is 11.1. The number of benzene rings is 3. The molecule has 0 saturated carbocycles. The van der Waals surface area contributed by atoms with E-state index in [4.69, 9.17) is 4.74 Å². The Balaban J connectivity index is 1.89. The molecule has 3 aromatic carbocycles. The Hall–Kier alpha value is -3.86. The van der Waals surface area contributed by atoms with Gasteiger partial charge in [0.2, 0.25) is 0 Å². The maximum atomic E-state index is 13.8. The second-order valence-corrected chi connectivity index (χ2v) is 8.36. The van der Waals surface area contributed by atoms with Crippen molar-refractivity contribution in [2.24, 2.45) is 0 Å². The van der Waals surface area contributed by atoms with E-state index in [1.807, 2.05) is 95.3 Å². The lowest BCUT2D eigenvalue weighted by Gasteiger charge is -2.19. The van der Waals surface area contributed by atoms with Gasteiger partial charge in [0.1, 0.15) is 11.4 Å². The van der Waals surface area contributed by atoms with Crippen molar-refractivity contribution in [3.8, 4) is 5.75 Å². The van der Waals surface area contributed by atoms with Gasteiger partial charge in [-0.05, 0) is 75.1 Å². The SMILES string of the molecule is CCOc1ccccc1NC1=C(c2ccc(C)cc2C)C(=O)N(c2cc(C)ccc2C)C1=O. The minimum absolute atomic E-state index is 0.250. The Morgan fingerprint density at radius 1 is 0.818 bits per heavy atom. The second-order valence-electron chi connectivity index (χ2n) is 8.36. The molecule has 0 fully saturated rings. The number of carbonyl (C=O) groups is 2. The molecule has 0 radical (unpaired) electrons. The number of hydrogen-bond acceptors (Lipinski definition) is 4. The van der Waals surface area contributed by atoms with Crippen molar-refractivity contribution in [1.82, 2.24) is 0 Å². The van der Waals surface area contributed by atoms with Gasteiger partial charge < -0.3 is 10.1 Å². The summed E-state index contributed by atoms with van der Waals surface area (Å²) in [6.07, 6.45) is 0. The van der Waals surface area contributed by atoms with Crippen molar-refractivity contribution in [1.29, 1.82) is 0 Å². The molecule has 4 rings (SSSR count). The molecule has 0 saturated heterocycles. The second kappa shape index (κ2) is 8.94. The Kier molecular flexibility index (Phi) is 6.05. The molecule has 0 spiro atoms. The van der Waals surface area contributed by atoms with Crippen LogP contribution in [-0.4, -0.2) is 18.4 Å². The van der Waals surface area contributed by atoms with Crippen LogP contribution < -0.4 is 15.0 Å². The molecule has 3 aromatic rings. The van der Waals surface area contributed by atoms with Gasteiger partial charge in [0.25, 0.3) is 11.8 Å². The quantitative estimate of drug-likeness (QED) is 0.499. The van der Waals surface area contributed by atoms with Gasteiger partial charge in [-0.15, -0.1) is 0 Å². The molecule has 2 amide bonds. The number of para-hydroxylation sites is 2. The third kappa shape index (κ3) is 4.14. The number of carbonyl (C=O) groups excluding carboxylic acids is 2. The smallest absolute Gasteiger partial charge is 0.282 e. The molecule has 1 aliphatic heterocycles. The minimum Gasteiger partial charge on any atom is -0.492 e. The van der Waals surface area contributed by atoms with Crippen LogP contribution in [0, 0.1) is 27.7 Å². The Morgan fingerprint density at radius 2 is 1.52 bits per heavy atom.